The van der Waals surface area contributed by atoms with Gasteiger partial charge < -0.3 is 4.90 Å². The van der Waals surface area contributed by atoms with E-state index in [1.54, 1.807) is 23.7 Å². The third-order valence-electron chi connectivity index (χ3n) is 2.03. The Morgan fingerprint density at radius 3 is 2.88 bits per heavy atom. The third kappa shape index (κ3) is 3.54. The van der Waals surface area contributed by atoms with Crippen molar-refractivity contribution in [3.8, 4) is 0 Å². The van der Waals surface area contributed by atoms with Gasteiger partial charge in [-0.15, -0.1) is 0 Å². The average molecular weight is 279 g/mol. The molecule has 88 valence electrons. The van der Waals surface area contributed by atoms with Crippen LogP contribution in [0.25, 0.3) is 0 Å². The van der Waals surface area contributed by atoms with Gasteiger partial charge in [-0.1, -0.05) is 23.2 Å². The molecule has 1 heterocycles. The van der Waals surface area contributed by atoms with Crippen molar-refractivity contribution < 1.29 is 4.79 Å². The van der Waals surface area contributed by atoms with Gasteiger partial charge >= 0.3 is 0 Å². The molecular weight excluding hydrogens is 267 g/mol. The second-order valence-electron chi connectivity index (χ2n) is 3.21. The number of pyridine rings is 1. The Balaban J connectivity index is 2.83. The summed E-state index contributed by atoms with van der Waals surface area (Å²) in [5, 5.41) is 0.594. The average Bonchev–Trinajstić information content (AvgIpc) is 2.28. The fourth-order valence-corrected chi connectivity index (χ4v) is 1.91. The highest BCUT2D eigenvalue weighted by atomic mass is 35.5. The van der Waals surface area contributed by atoms with Crippen LogP contribution in [0.3, 0.4) is 0 Å². The topological polar surface area (TPSA) is 33.2 Å². The highest BCUT2D eigenvalue weighted by Gasteiger charge is 2.15. The minimum absolute atomic E-state index is 0.136. The van der Waals surface area contributed by atoms with Crippen molar-refractivity contribution >= 4 is 40.9 Å². The number of rotatable bonds is 4. The lowest BCUT2D eigenvalue weighted by atomic mass is 10.2. The Labute approximate surface area is 109 Å². The number of halogens is 2. The standard InChI is InChI=1S/C10H12Cl2N2OS/c1-14(3-4-16-2)10(15)7-5-9(12)13-6-8(7)11/h5-6H,3-4H2,1-2H3. The van der Waals surface area contributed by atoms with Gasteiger partial charge in [0.25, 0.3) is 5.91 Å². The Morgan fingerprint density at radius 1 is 1.56 bits per heavy atom. The molecule has 0 saturated heterocycles. The van der Waals surface area contributed by atoms with Crippen molar-refractivity contribution in [2.24, 2.45) is 0 Å². The summed E-state index contributed by atoms with van der Waals surface area (Å²) < 4.78 is 0. The van der Waals surface area contributed by atoms with Crippen LogP contribution < -0.4 is 0 Å². The van der Waals surface area contributed by atoms with E-state index in [0.29, 0.717) is 17.1 Å². The van der Waals surface area contributed by atoms with E-state index >= 15 is 0 Å². The summed E-state index contributed by atoms with van der Waals surface area (Å²) in [6, 6.07) is 1.49. The van der Waals surface area contributed by atoms with E-state index < -0.39 is 0 Å². The van der Waals surface area contributed by atoms with Crippen molar-refractivity contribution in [3.05, 3.63) is 28.0 Å². The molecule has 0 N–H and O–H groups in total. The zero-order valence-corrected chi connectivity index (χ0v) is 11.4. The maximum Gasteiger partial charge on any atom is 0.255 e. The van der Waals surface area contributed by atoms with Gasteiger partial charge in [-0.3, -0.25) is 4.79 Å². The van der Waals surface area contributed by atoms with E-state index in [-0.39, 0.29) is 11.1 Å². The van der Waals surface area contributed by atoms with E-state index in [9.17, 15) is 4.79 Å². The van der Waals surface area contributed by atoms with Crippen molar-refractivity contribution in [2.75, 3.05) is 25.6 Å². The molecule has 0 radical (unpaired) electrons. The van der Waals surface area contributed by atoms with Crippen LogP contribution in [0, 0.1) is 0 Å². The van der Waals surface area contributed by atoms with Crippen molar-refractivity contribution in [2.45, 2.75) is 0 Å². The first-order valence-corrected chi connectivity index (χ1v) is 6.76. The van der Waals surface area contributed by atoms with Gasteiger partial charge in [-0.2, -0.15) is 11.8 Å². The molecule has 0 aromatic carbocycles. The van der Waals surface area contributed by atoms with Crippen molar-refractivity contribution in [3.63, 3.8) is 0 Å². The summed E-state index contributed by atoms with van der Waals surface area (Å²) >= 11 is 13.3. The smallest absolute Gasteiger partial charge is 0.255 e. The molecule has 0 spiro atoms. The molecule has 3 nitrogen and oxygen atoms in total. The highest BCUT2D eigenvalue weighted by Crippen LogP contribution is 2.19. The number of nitrogens with zero attached hydrogens (tertiary/aromatic N) is 2. The Bertz CT molecular complexity index is 387. The maximum absolute atomic E-state index is 12.0. The van der Waals surface area contributed by atoms with E-state index in [2.05, 4.69) is 4.98 Å². The molecule has 0 fully saturated rings. The molecule has 0 aliphatic heterocycles. The SMILES string of the molecule is CSCCN(C)C(=O)c1cc(Cl)ncc1Cl. The van der Waals surface area contributed by atoms with E-state index in [1.165, 1.54) is 12.3 Å². The molecule has 1 amide bonds. The maximum atomic E-state index is 12.0. The number of carbonyl (C=O) groups excluding carboxylic acids is 1. The molecule has 0 aliphatic rings. The molecule has 16 heavy (non-hydrogen) atoms. The van der Waals surface area contributed by atoms with Crippen LogP contribution in [0.5, 0.6) is 0 Å². The number of hydrogen-bond donors (Lipinski definition) is 0. The fourth-order valence-electron chi connectivity index (χ4n) is 1.11. The molecule has 0 atom stereocenters. The second kappa shape index (κ2) is 6.33. The summed E-state index contributed by atoms with van der Waals surface area (Å²) in [5.41, 5.74) is 0.394. The molecule has 1 aromatic rings. The number of amides is 1. The molecular formula is C10H12Cl2N2OS. The van der Waals surface area contributed by atoms with Crippen molar-refractivity contribution in [1.29, 1.82) is 0 Å². The predicted octanol–water partition coefficient (Wildman–Crippen LogP) is 2.82. The third-order valence-corrected chi connectivity index (χ3v) is 3.13. The van der Waals surface area contributed by atoms with Crippen molar-refractivity contribution in [1.82, 2.24) is 9.88 Å². The quantitative estimate of drug-likeness (QED) is 0.795. The van der Waals surface area contributed by atoms with E-state index in [1.807, 2.05) is 6.26 Å². The fraction of sp³-hybridized carbons (Fsp3) is 0.400. The minimum Gasteiger partial charge on any atom is -0.341 e. The zero-order valence-electron chi connectivity index (χ0n) is 9.04. The monoisotopic (exact) mass is 278 g/mol. The Hall–Kier alpha value is -0.450. The van der Waals surface area contributed by atoms with E-state index in [0.717, 1.165) is 5.75 Å². The second-order valence-corrected chi connectivity index (χ2v) is 4.99. The first-order valence-electron chi connectivity index (χ1n) is 4.61. The van der Waals surface area contributed by atoms with Gasteiger partial charge in [0, 0.05) is 25.5 Å². The summed E-state index contributed by atoms with van der Waals surface area (Å²) in [6.07, 6.45) is 3.38. The van der Waals surface area contributed by atoms with Gasteiger partial charge in [0.1, 0.15) is 5.15 Å². The highest BCUT2D eigenvalue weighted by molar-refractivity contribution is 7.98. The van der Waals surface area contributed by atoms with Gasteiger partial charge in [0.15, 0.2) is 0 Å². The number of aromatic nitrogens is 1. The van der Waals surface area contributed by atoms with E-state index in [4.69, 9.17) is 23.2 Å². The lowest BCUT2D eigenvalue weighted by molar-refractivity contribution is 0.0804. The Kier molecular flexibility index (Phi) is 5.38. The zero-order chi connectivity index (χ0) is 12.1. The molecule has 0 saturated carbocycles. The first-order chi connectivity index (χ1) is 7.56. The molecule has 0 unspecified atom stereocenters. The number of thioether (sulfide) groups is 1. The summed E-state index contributed by atoms with van der Waals surface area (Å²) in [4.78, 5) is 17.4. The predicted molar refractivity (Wildman–Crippen MR) is 69.6 cm³/mol. The molecule has 0 aliphatic carbocycles. The minimum atomic E-state index is -0.136. The van der Waals surface area contributed by atoms with Gasteiger partial charge in [0.2, 0.25) is 0 Å². The van der Waals surface area contributed by atoms with Gasteiger partial charge in [-0.25, -0.2) is 4.98 Å². The molecule has 1 rings (SSSR count). The molecule has 0 bridgehead atoms. The number of hydrogen-bond acceptors (Lipinski definition) is 3. The van der Waals surface area contributed by atoms with Crippen LogP contribution in [0.4, 0.5) is 0 Å². The lowest BCUT2D eigenvalue weighted by Crippen LogP contribution is -2.29. The Morgan fingerprint density at radius 2 is 2.25 bits per heavy atom. The summed E-state index contributed by atoms with van der Waals surface area (Å²) in [5.74, 6) is 0.752. The van der Waals surface area contributed by atoms with Crippen LogP contribution in [0.1, 0.15) is 10.4 Å². The number of carbonyl (C=O) groups is 1. The van der Waals surface area contributed by atoms with Crippen LogP contribution >= 0.6 is 35.0 Å². The van der Waals surface area contributed by atoms with Gasteiger partial charge in [-0.05, 0) is 12.3 Å². The summed E-state index contributed by atoms with van der Waals surface area (Å²) in [7, 11) is 1.74. The summed E-state index contributed by atoms with van der Waals surface area (Å²) in [6.45, 7) is 0.677. The van der Waals surface area contributed by atoms with Gasteiger partial charge in [0.05, 0.1) is 10.6 Å². The van der Waals surface area contributed by atoms with Crippen LogP contribution in [-0.2, 0) is 0 Å². The normalized spacial score (nSPS) is 10.2. The molecule has 6 heteroatoms. The molecule has 1 aromatic heterocycles. The van der Waals surface area contributed by atoms with Crippen LogP contribution in [0.2, 0.25) is 10.2 Å². The first kappa shape index (κ1) is 13.6. The lowest BCUT2D eigenvalue weighted by Gasteiger charge is -2.17. The van der Waals surface area contributed by atoms with Crippen LogP contribution in [-0.4, -0.2) is 41.4 Å². The largest absolute Gasteiger partial charge is 0.341 e. The van der Waals surface area contributed by atoms with Crippen LogP contribution in [0.15, 0.2) is 12.3 Å².